The standard InChI is InChI=1S/C19H15N3O4/c23-17-15-3-1-2-4-16(15)18(24)22(17)11-14-9-12(5-7-20-14)13-6-8-21(10-13)19(25)26/h1-7,9H,8,10-11H2,(H,25,26). The lowest BCUT2D eigenvalue weighted by atomic mass is 10.1. The van der Waals surface area contributed by atoms with E-state index in [1.165, 1.54) is 9.80 Å². The van der Waals surface area contributed by atoms with Crippen molar-refractivity contribution >= 4 is 23.5 Å². The number of rotatable bonds is 3. The lowest BCUT2D eigenvalue weighted by molar-refractivity contribution is 0.0640. The molecule has 0 bridgehead atoms. The first-order chi connectivity index (χ1) is 12.5. The van der Waals surface area contributed by atoms with Gasteiger partial charge in [0.15, 0.2) is 0 Å². The molecule has 4 rings (SSSR count). The summed E-state index contributed by atoms with van der Waals surface area (Å²) in [7, 11) is 0. The van der Waals surface area contributed by atoms with Gasteiger partial charge in [-0.15, -0.1) is 0 Å². The summed E-state index contributed by atoms with van der Waals surface area (Å²) in [6, 6.07) is 10.3. The van der Waals surface area contributed by atoms with Crippen molar-refractivity contribution < 1.29 is 19.5 Å². The molecule has 0 aliphatic carbocycles. The van der Waals surface area contributed by atoms with Crippen LogP contribution in [0.25, 0.3) is 5.57 Å². The van der Waals surface area contributed by atoms with Crippen LogP contribution in [-0.2, 0) is 6.54 Å². The zero-order chi connectivity index (χ0) is 18.3. The van der Waals surface area contributed by atoms with Crippen LogP contribution in [-0.4, -0.2) is 50.9 Å². The molecular formula is C19H15N3O4. The highest BCUT2D eigenvalue weighted by molar-refractivity contribution is 6.21. The monoisotopic (exact) mass is 349 g/mol. The molecule has 0 saturated heterocycles. The van der Waals surface area contributed by atoms with Crippen LogP contribution < -0.4 is 0 Å². The normalized spacial score (nSPS) is 16.1. The fraction of sp³-hybridized carbons (Fsp3) is 0.158. The van der Waals surface area contributed by atoms with Gasteiger partial charge in [-0.2, -0.15) is 0 Å². The van der Waals surface area contributed by atoms with Gasteiger partial charge in [-0.25, -0.2) is 4.79 Å². The van der Waals surface area contributed by atoms with Crippen molar-refractivity contribution in [1.82, 2.24) is 14.8 Å². The summed E-state index contributed by atoms with van der Waals surface area (Å²) >= 11 is 0. The second-order valence-corrected chi connectivity index (χ2v) is 6.17. The smallest absolute Gasteiger partial charge is 0.407 e. The van der Waals surface area contributed by atoms with Crippen molar-refractivity contribution in [3.63, 3.8) is 0 Å². The summed E-state index contributed by atoms with van der Waals surface area (Å²) in [5.74, 6) is -0.648. The average Bonchev–Trinajstić information content (AvgIpc) is 3.23. The predicted molar refractivity (Wildman–Crippen MR) is 92.5 cm³/mol. The minimum atomic E-state index is -0.962. The zero-order valence-electron chi connectivity index (χ0n) is 13.8. The molecule has 1 aromatic carbocycles. The van der Waals surface area contributed by atoms with Crippen LogP contribution in [0.15, 0.2) is 48.7 Å². The van der Waals surface area contributed by atoms with Crippen molar-refractivity contribution in [2.75, 3.05) is 13.1 Å². The van der Waals surface area contributed by atoms with Crippen LogP contribution in [0.3, 0.4) is 0 Å². The molecule has 7 nitrogen and oxygen atoms in total. The molecule has 1 aromatic heterocycles. The van der Waals surface area contributed by atoms with Crippen LogP contribution in [0.5, 0.6) is 0 Å². The Bertz CT molecular complexity index is 932. The first kappa shape index (κ1) is 16.0. The molecule has 2 aromatic rings. The molecule has 0 spiro atoms. The second kappa shape index (κ2) is 6.11. The number of carboxylic acid groups (broad SMARTS) is 1. The number of amides is 3. The fourth-order valence-electron chi connectivity index (χ4n) is 3.22. The highest BCUT2D eigenvalue weighted by Crippen LogP contribution is 2.25. The van der Waals surface area contributed by atoms with Gasteiger partial charge in [0.2, 0.25) is 0 Å². The van der Waals surface area contributed by atoms with Gasteiger partial charge in [-0.05, 0) is 35.4 Å². The summed E-state index contributed by atoms with van der Waals surface area (Å²) in [4.78, 5) is 42.7. The van der Waals surface area contributed by atoms with Crippen LogP contribution in [0.2, 0.25) is 0 Å². The van der Waals surface area contributed by atoms with Gasteiger partial charge in [-0.1, -0.05) is 18.2 Å². The maximum Gasteiger partial charge on any atom is 0.407 e. The van der Waals surface area contributed by atoms with Gasteiger partial charge in [0.1, 0.15) is 0 Å². The third kappa shape index (κ3) is 2.63. The average molecular weight is 349 g/mol. The zero-order valence-corrected chi connectivity index (χ0v) is 13.8. The molecule has 130 valence electrons. The van der Waals surface area contributed by atoms with Crippen molar-refractivity contribution in [1.29, 1.82) is 0 Å². The number of aromatic nitrogens is 1. The Morgan fingerprint density at radius 2 is 1.81 bits per heavy atom. The van der Waals surface area contributed by atoms with Crippen molar-refractivity contribution in [2.24, 2.45) is 0 Å². The minimum absolute atomic E-state index is 0.0795. The number of imide groups is 1. The van der Waals surface area contributed by atoms with E-state index >= 15 is 0 Å². The molecule has 26 heavy (non-hydrogen) atoms. The Labute approximate surface area is 149 Å². The molecule has 0 fully saturated rings. The number of pyridine rings is 1. The quantitative estimate of drug-likeness (QED) is 0.858. The Kier molecular flexibility index (Phi) is 3.76. The highest BCUT2D eigenvalue weighted by atomic mass is 16.4. The Hall–Kier alpha value is -3.48. The number of benzene rings is 1. The largest absolute Gasteiger partial charge is 0.465 e. The molecule has 0 atom stereocenters. The third-order valence-electron chi connectivity index (χ3n) is 4.58. The number of hydrogen-bond acceptors (Lipinski definition) is 4. The van der Waals surface area contributed by atoms with Gasteiger partial charge in [0.25, 0.3) is 11.8 Å². The lowest BCUT2D eigenvalue weighted by Crippen LogP contribution is -2.29. The van der Waals surface area contributed by atoms with Gasteiger partial charge in [0, 0.05) is 19.3 Å². The van der Waals surface area contributed by atoms with Crippen molar-refractivity contribution in [3.05, 3.63) is 71.1 Å². The number of carbonyl (C=O) groups excluding carboxylic acids is 2. The molecule has 0 radical (unpaired) electrons. The fourth-order valence-corrected chi connectivity index (χ4v) is 3.22. The van der Waals surface area contributed by atoms with E-state index in [2.05, 4.69) is 4.98 Å². The van der Waals surface area contributed by atoms with Crippen LogP contribution in [0.1, 0.15) is 32.0 Å². The molecule has 3 amide bonds. The first-order valence-electron chi connectivity index (χ1n) is 8.12. The molecule has 2 aliphatic heterocycles. The topological polar surface area (TPSA) is 90.8 Å². The molecular weight excluding hydrogens is 334 g/mol. The Morgan fingerprint density at radius 1 is 1.12 bits per heavy atom. The third-order valence-corrected chi connectivity index (χ3v) is 4.58. The molecule has 7 heteroatoms. The summed E-state index contributed by atoms with van der Waals surface area (Å²) in [6.45, 7) is 0.739. The number of nitrogens with zero attached hydrogens (tertiary/aromatic N) is 3. The number of hydrogen-bond donors (Lipinski definition) is 1. The maximum atomic E-state index is 12.5. The molecule has 0 saturated carbocycles. The van der Waals surface area contributed by atoms with E-state index in [1.54, 1.807) is 42.6 Å². The Balaban J connectivity index is 1.55. The van der Waals surface area contributed by atoms with Crippen molar-refractivity contribution in [2.45, 2.75) is 6.54 Å². The van der Waals surface area contributed by atoms with Crippen LogP contribution in [0, 0.1) is 0 Å². The minimum Gasteiger partial charge on any atom is -0.465 e. The second-order valence-electron chi connectivity index (χ2n) is 6.17. The number of fused-ring (bicyclic) bond motifs is 1. The highest BCUT2D eigenvalue weighted by Gasteiger charge is 2.35. The van der Waals surface area contributed by atoms with E-state index < -0.39 is 6.09 Å². The molecule has 1 N–H and O–H groups in total. The van der Waals surface area contributed by atoms with E-state index in [9.17, 15) is 14.4 Å². The Morgan fingerprint density at radius 3 is 2.42 bits per heavy atom. The van der Waals surface area contributed by atoms with Crippen LogP contribution >= 0.6 is 0 Å². The van der Waals surface area contributed by atoms with E-state index in [1.807, 2.05) is 6.08 Å². The molecule has 0 unspecified atom stereocenters. The SMILES string of the molecule is O=C(O)N1CC=C(c2ccnc(CN3C(=O)c4ccccc4C3=O)c2)C1. The van der Waals surface area contributed by atoms with Gasteiger partial charge < -0.3 is 10.0 Å². The predicted octanol–water partition coefficient (Wildman–Crippen LogP) is 2.25. The first-order valence-corrected chi connectivity index (χ1v) is 8.12. The van der Waals surface area contributed by atoms with E-state index in [0.29, 0.717) is 29.9 Å². The maximum absolute atomic E-state index is 12.5. The summed E-state index contributed by atoms with van der Waals surface area (Å²) in [5, 5.41) is 9.07. The number of carbonyl (C=O) groups is 3. The van der Waals surface area contributed by atoms with Crippen molar-refractivity contribution in [3.8, 4) is 0 Å². The van der Waals surface area contributed by atoms with E-state index in [4.69, 9.17) is 5.11 Å². The van der Waals surface area contributed by atoms with Gasteiger partial charge in [-0.3, -0.25) is 19.5 Å². The van der Waals surface area contributed by atoms with E-state index in [0.717, 1.165) is 11.1 Å². The summed E-state index contributed by atoms with van der Waals surface area (Å²) in [5.41, 5.74) is 3.12. The summed E-state index contributed by atoms with van der Waals surface area (Å²) < 4.78 is 0. The lowest BCUT2D eigenvalue weighted by Gasteiger charge is -2.14. The molecule has 3 heterocycles. The molecule has 2 aliphatic rings. The van der Waals surface area contributed by atoms with Crippen LogP contribution in [0.4, 0.5) is 4.79 Å². The van der Waals surface area contributed by atoms with Gasteiger partial charge in [0.05, 0.1) is 23.4 Å². The summed E-state index contributed by atoms with van der Waals surface area (Å²) in [6.07, 6.45) is 2.50. The van der Waals surface area contributed by atoms with E-state index in [-0.39, 0.29) is 18.4 Å². The van der Waals surface area contributed by atoms with Gasteiger partial charge >= 0.3 is 6.09 Å².